The number of esters is 1. The topological polar surface area (TPSA) is 55.4 Å². The van der Waals surface area contributed by atoms with Gasteiger partial charge < -0.3 is 10.1 Å². The second-order valence-electron chi connectivity index (χ2n) is 6.99. The van der Waals surface area contributed by atoms with Crippen LogP contribution in [0, 0.1) is 23.6 Å². The Morgan fingerprint density at radius 3 is 2.75 bits per heavy atom. The molecule has 1 N–H and O–H groups in total. The molecule has 2 fully saturated rings. The van der Waals surface area contributed by atoms with Crippen LogP contribution < -0.4 is 5.32 Å². The number of fused-ring (bicyclic) bond motifs is 2. The fraction of sp³-hybridized carbons (Fsp3) is 0.579. The first kappa shape index (κ1) is 16.9. The molecule has 0 unspecified atom stereocenters. The third-order valence-corrected chi connectivity index (χ3v) is 5.35. The van der Waals surface area contributed by atoms with E-state index in [2.05, 4.69) is 5.32 Å². The molecule has 24 heavy (non-hydrogen) atoms. The van der Waals surface area contributed by atoms with Crippen LogP contribution in [0.1, 0.15) is 37.7 Å². The lowest BCUT2D eigenvalue weighted by molar-refractivity contribution is -0.149. The van der Waals surface area contributed by atoms with Crippen molar-refractivity contribution in [2.75, 3.05) is 13.2 Å². The minimum absolute atomic E-state index is 0.253. The predicted molar refractivity (Wildman–Crippen MR) is 87.6 cm³/mol. The van der Waals surface area contributed by atoms with Crippen molar-refractivity contribution in [3.8, 4) is 0 Å². The van der Waals surface area contributed by atoms with Gasteiger partial charge in [-0.15, -0.1) is 0 Å². The molecule has 3 rings (SSSR count). The number of nitrogens with one attached hydrogen (secondary N) is 1. The Labute approximate surface area is 141 Å². The minimum atomic E-state index is -0.340. The number of carbonyl (C=O) groups excluding carboxylic acids is 2. The average Bonchev–Trinajstić information content (AvgIpc) is 3.17. The van der Waals surface area contributed by atoms with Gasteiger partial charge in [0, 0.05) is 13.0 Å². The number of carbonyl (C=O) groups is 2. The lowest BCUT2D eigenvalue weighted by Crippen LogP contribution is -2.31. The second-order valence-corrected chi connectivity index (χ2v) is 6.99. The highest BCUT2D eigenvalue weighted by Crippen LogP contribution is 2.49. The van der Waals surface area contributed by atoms with Gasteiger partial charge in [-0.3, -0.25) is 9.59 Å². The first-order chi connectivity index (χ1) is 11.6. The molecule has 1 aromatic rings. The molecule has 2 saturated carbocycles. The number of halogens is 1. The number of hydrogen-bond donors (Lipinski definition) is 1. The highest BCUT2D eigenvalue weighted by Gasteiger charge is 2.40. The summed E-state index contributed by atoms with van der Waals surface area (Å²) < 4.78 is 18.5. The zero-order valence-electron chi connectivity index (χ0n) is 13.8. The first-order valence-corrected chi connectivity index (χ1v) is 8.77. The van der Waals surface area contributed by atoms with Gasteiger partial charge >= 0.3 is 5.97 Å². The van der Waals surface area contributed by atoms with E-state index >= 15 is 0 Å². The zero-order valence-corrected chi connectivity index (χ0v) is 13.8. The van der Waals surface area contributed by atoms with Gasteiger partial charge in [-0.1, -0.05) is 24.6 Å². The molecule has 0 saturated heterocycles. The van der Waals surface area contributed by atoms with Gasteiger partial charge in [0.1, 0.15) is 5.82 Å². The van der Waals surface area contributed by atoms with Crippen molar-refractivity contribution in [2.24, 2.45) is 17.8 Å². The van der Waals surface area contributed by atoms with E-state index in [0.717, 1.165) is 12.3 Å². The van der Waals surface area contributed by atoms with E-state index < -0.39 is 0 Å². The van der Waals surface area contributed by atoms with Crippen LogP contribution in [0.15, 0.2) is 24.3 Å². The fourth-order valence-electron chi connectivity index (χ4n) is 4.13. The SMILES string of the molecule is O=C(COC(=O)C[C@H]1C[C@@H]2CC[C@@H]1C2)NCCc1ccccc1F. The zero-order chi connectivity index (χ0) is 16.9. The van der Waals surface area contributed by atoms with E-state index in [0.29, 0.717) is 36.8 Å². The summed E-state index contributed by atoms with van der Waals surface area (Å²) in [4.78, 5) is 23.6. The Morgan fingerprint density at radius 2 is 2.04 bits per heavy atom. The molecule has 0 spiro atoms. The fourth-order valence-corrected chi connectivity index (χ4v) is 4.13. The standard InChI is InChI=1S/C19H24FNO3/c20-17-4-2-1-3-14(17)7-8-21-18(22)12-24-19(23)11-16-10-13-5-6-15(16)9-13/h1-4,13,15-16H,5-12H2,(H,21,22)/t13-,15-,16-/m1/s1. The summed E-state index contributed by atoms with van der Waals surface area (Å²) in [5, 5.41) is 2.65. The number of amides is 1. The summed E-state index contributed by atoms with van der Waals surface area (Å²) in [6.07, 6.45) is 5.78. The lowest BCUT2D eigenvalue weighted by Gasteiger charge is -2.20. The van der Waals surface area contributed by atoms with Crippen LogP contribution >= 0.6 is 0 Å². The van der Waals surface area contributed by atoms with Gasteiger partial charge in [0.05, 0.1) is 0 Å². The van der Waals surface area contributed by atoms with Gasteiger partial charge in [-0.2, -0.15) is 0 Å². The Morgan fingerprint density at radius 1 is 1.21 bits per heavy atom. The van der Waals surface area contributed by atoms with Crippen molar-refractivity contribution in [2.45, 2.75) is 38.5 Å². The molecule has 0 radical (unpaired) electrons. The van der Waals surface area contributed by atoms with Crippen molar-refractivity contribution in [1.82, 2.24) is 5.32 Å². The first-order valence-electron chi connectivity index (χ1n) is 8.77. The monoisotopic (exact) mass is 333 g/mol. The Bertz CT molecular complexity index is 604. The minimum Gasteiger partial charge on any atom is -0.456 e. The third kappa shape index (κ3) is 4.34. The summed E-state index contributed by atoms with van der Waals surface area (Å²) in [6.45, 7) is 0.0701. The lowest BCUT2D eigenvalue weighted by atomic mass is 9.86. The maximum atomic E-state index is 13.4. The van der Waals surface area contributed by atoms with E-state index in [1.807, 2.05) is 0 Å². The van der Waals surface area contributed by atoms with E-state index in [9.17, 15) is 14.0 Å². The molecule has 2 bridgehead atoms. The van der Waals surface area contributed by atoms with E-state index in [1.54, 1.807) is 18.2 Å². The summed E-state index contributed by atoms with van der Waals surface area (Å²) >= 11 is 0. The van der Waals surface area contributed by atoms with Gasteiger partial charge in [0.25, 0.3) is 5.91 Å². The molecule has 2 aliphatic carbocycles. The van der Waals surface area contributed by atoms with Crippen LogP contribution in [0.3, 0.4) is 0 Å². The summed E-state index contributed by atoms with van der Waals surface area (Å²) in [6, 6.07) is 6.48. The maximum Gasteiger partial charge on any atom is 0.306 e. The highest BCUT2D eigenvalue weighted by atomic mass is 19.1. The number of hydrogen-bond acceptors (Lipinski definition) is 3. The molecule has 1 amide bonds. The normalized spacial score (nSPS) is 24.8. The maximum absolute atomic E-state index is 13.4. The van der Waals surface area contributed by atoms with Crippen LogP contribution in [0.25, 0.3) is 0 Å². The van der Waals surface area contributed by atoms with Crippen LogP contribution in [0.4, 0.5) is 4.39 Å². The molecular formula is C19H24FNO3. The van der Waals surface area contributed by atoms with Crippen LogP contribution in [0.5, 0.6) is 0 Å². The van der Waals surface area contributed by atoms with Crippen molar-refractivity contribution >= 4 is 11.9 Å². The average molecular weight is 333 g/mol. The third-order valence-electron chi connectivity index (χ3n) is 5.35. The Balaban J connectivity index is 1.31. The van der Waals surface area contributed by atoms with Crippen LogP contribution in [-0.2, 0) is 20.7 Å². The summed E-state index contributed by atoms with van der Waals surface area (Å²) in [5.74, 6) is 1.03. The van der Waals surface area contributed by atoms with Gasteiger partial charge in [0.2, 0.25) is 0 Å². The molecule has 0 aliphatic heterocycles. The van der Waals surface area contributed by atoms with Gasteiger partial charge in [0.15, 0.2) is 6.61 Å². The number of rotatable bonds is 7. The predicted octanol–water partition coefficient (Wildman–Crippen LogP) is 2.85. The molecule has 4 nitrogen and oxygen atoms in total. The molecule has 3 atom stereocenters. The highest BCUT2D eigenvalue weighted by molar-refractivity contribution is 5.80. The van der Waals surface area contributed by atoms with Gasteiger partial charge in [-0.25, -0.2) is 4.39 Å². The van der Waals surface area contributed by atoms with Gasteiger partial charge in [-0.05, 0) is 55.1 Å². The van der Waals surface area contributed by atoms with Crippen LogP contribution in [0.2, 0.25) is 0 Å². The van der Waals surface area contributed by atoms with Crippen molar-refractivity contribution in [3.63, 3.8) is 0 Å². The Hall–Kier alpha value is -1.91. The Kier molecular flexibility index (Phi) is 5.48. The molecule has 1 aromatic carbocycles. The van der Waals surface area contributed by atoms with Crippen molar-refractivity contribution in [1.29, 1.82) is 0 Å². The largest absolute Gasteiger partial charge is 0.456 e. The molecule has 2 aliphatic rings. The van der Waals surface area contributed by atoms with Crippen molar-refractivity contribution in [3.05, 3.63) is 35.6 Å². The smallest absolute Gasteiger partial charge is 0.306 e. The van der Waals surface area contributed by atoms with E-state index in [-0.39, 0.29) is 24.3 Å². The van der Waals surface area contributed by atoms with Crippen molar-refractivity contribution < 1.29 is 18.7 Å². The molecule has 5 heteroatoms. The molecule has 0 aromatic heterocycles. The van der Waals surface area contributed by atoms with E-state index in [1.165, 1.54) is 25.3 Å². The molecule has 130 valence electrons. The summed E-state index contributed by atoms with van der Waals surface area (Å²) in [5.41, 5.74) is 0.561. The van der Waals surface area contributed by atoms with E-state index in [4.69, 9.17) is 4.74 Å². The number of ether oxygens (including phenoxy) is 1. The molecule has 0 heterocycles. The summed E-state index contributed by atoms with van der Waals surface area (Å²) in [7, 11) is 0. The second kappa shape index (κ2) is 7.77. The molecular weight excluding hydrogens is 309 g/mol. The van der Waals surface area contributed by atoms with Crippen LogP contribution in [-0.4, -0.2) is 25.0 Å². The quantitative estimate of drug-likeness (QED) is 0.781. The number of benzene rings is 1.